The third-order valence-electron chi connectivity index (χ3n) is 7.34. The van der Waals surface area contributed by atoms with Crippen LogP contribution in [0, 0.1) is 5.41 Å². The van der Waals surface area contributed by atoms with Crippen molar-refractivity contribution in [3.05, 3.63) is 59.7 Å². The van der Waals surface area contributed by atoms with Gasteiger partial charge in [0.15, 0.2) is 0 Å². The Morgan fingerprint density at radius 3 is 2.31 bits per heavy atom. The second-order valence-corrected chi connectivity index (χ2v) is 9.50. The Morgan fingerprint density at radius 2 is 1.71 bits per heavy atom. The molecule has 186 valence electrons. The Bertz CT molecular complexity index is 1060. The number of nitrogens with one attached hydrogen (secondary N) is 2. The van der Waals surface area contributed by atoms with Gasteiger partial charge in [0.1, 0.15) is 6.61 Å². The Balaban J connectivity index is 1.36. The Morgan fingerprint density at radius 1 is 1.09 bits per heavy atom. The summed E-state index contributed by atoms with van der Waals surface area (Å²) in [7, 11) is 1.42. The molecule has 1 saturated carbocycles. The smallest absolute Gasteiger partial charge is 0.407 e. The van der Waals surface area contributed by atoms with E-state index in [2.05, 4.69) is 34.9 Å². The van der Waals surface area contributed by atoms with Crippen molar-refractivity contribution in [1.82, 2.24) is 10.6 Å². The summed E-state index contributed by atoms with van der Waals surface area (Å²) in [4.78, 5) is 36.7. The van der Waals surface area contributed by atoms with Crippen molar-refractivity contribution in [2.24, 2.45) is 5.41 Å². The summed E-state index contributed by atoms with van der Waals surface area (Å²) >= 11 is 0. The summed E-state index contributed by atoms with van der Waals surface area (Å²) in [6.07, 6.45) is 0.713. The quantitative estimate of drug-likeness (QED) is 0.504. The number of carbonyl (C=O) groups excluding carboxylic acids is 2. The molecule has 0 bridgehead atoms. The van der Waals surface area contributed by atoms with Gasteiger partial charge < -0.3 is 25.2 Å². The van der Waals surface area contributed by atoms with Crippen LogP contribution in [0.3, 0.4) is 0 Å². The molecule has 2 aliphatic carbocycles. The van der Waals surface area contributed by atoms with E-state index in [0.29, 0.717) is 12.8 Å². The lowest BCUT2D eigenvalue weighted by Crippen LogP contribution is -2.52. The number of ether oxygens (including phenoxy) is 2. The number of carbonyl (C=O) groups is 3. The lowest BCUT2D eigenvalue weighted by molar-refractivity contribution is -0.140. The first-order valence-corrected chi connectivity index (χ1v) is 12.0. The maximum Gasteiger partial charge on any atom is 0.407 e. The third-order valence-corrected chi connectivity index (χ3v) is 7.34. The van der Waals surface area contributed by atoms with E-state index < -0.39 is 23.6 Å². The molecule has 1 fully saturated rings. The average Bonchev–Trinajstić information content (AvgIpc) is 3.38. The van der Waals surface area contributed by atoms with E-state index in [4.69, 9.17) is 14.6 Å². The first-order chi connectivity index (χ1) is 16.8. The normalized spacial score (nSPS) is 21.6. The van der Waals surface area contributed by atoms with Crippen LogP contribution in [-0.4, -0.2) is 55.5 Å². The zero-order valence-electron chi connectivity index (χ0n) is 20.1. The van der Waals surface area contributed by atoms with E-state index in [0.717, 1.165) is 28.7 Å². The minimum Gasteiger partial charge on any atom is -0.481 e. The molecule has 0 aromatic heterocycles. The van der Waals surface area contributed by atoms with Crippen molar-refractivity contribution in [3.8, 4) is 11.1 Å². The Kier molecular flexibility index (Phi) is 7.40. The molecular formula is C27H32N2O6. The number of methoxy groups -OCH3 is 1. The van der Waals surface area contributed by atoms with Crippen molar-refractivity contribution >= 4 is 18.0 Å². The standard InChI is InChI=1S/C27H32N2O6/c1-27(25(32)28-15-17(34-2)14-24(30)31)13-7-12-23(27)29-26(33)35-16-22-20-10-5-3-8-18(20)19-9-4-6-11-21(19)22/h3-6,8-11,17,22-23H,7,12-16H2,1-2H3,(H,28,32)(H,29,33)(H,30,31). The van der Waals surface area contributed by atoms with Crippen LogP contribution in [-0.2, 0) is 19.1 Å². The molecule has 0 heterocycles. The van der Waals surface area contributed by atoms with Gasteiger partial charge >= 0.3 is 12.1 Å². The molecule has 0 aliphatic heterocycles. The Hall–Kier alpha value is -3.39. The van der Waals surface area contributed by atoms with Crippen LogP contribution < -0.4 is 10.6 Å². The van der Waals surface area contributed by atoms with Crippen molar-refractivity contribution < 1.29 is 29.0 Å². The van der Waals surface area contributed by atoms with Crippen LogP contribution in [0.2, 0.25) is 0 Å². The van der Waals surface area contributed by atoms with Crippen molar-refractivity contribution in [1.29, 1.82) is 0 Å². The molecule has 2 amide bonds. The van der Waals surface area contributed by atoms with Crippen LogP contribution in [0.4, 0.5) is 4.79 Å². The van der Waals surface area contributed by atoms with Crippen molar-refractivity contribution in [2.75, 3.05) is 20.3 Å². The minimum absolute atomic E-state index is 0.0355. The highest BCUT2D eigenvalue weighted by Gasteiger charge is 2.46. The van der Waals surface area contributed by atoms with Gasteiger partial charge in [0.25, 0.3) is 0 Å². The molecule has 0 spiro atoms. The third kappa shape index (κ3) is 5.17. The summed E-state index contributed by atoms with van der Waals surface area (Å²) in [5, 5.41) is 14.7. The van der Waals surface area contributed by atoms with Crippen LogP contribution in [0.5, 0.6) is 0 Å². The van der Waals surface area contributed by atoms with Crippen LogP contribution >= 0.6 is 0 Å². The number of rotatable bonds is 9. The number of aliphatic carboxylic acids is 1. The molecule has 8 nitrogen and oxygen atoms in total. The van der Waals surface area contributed by atoms with E-state index in [9.17, 15) is 14.4 Å². The number of fused-ring (bicyclic) bond motifs is 3. The van der Waals surface area contributed by atoms with Gasteiger partial charge in [-0.05, 0) is 42.0 Å². The fraction of sp³-hybridized carbons (Fsp3) is 0.444. The second kappa shape index (κ2) is 10.5. The van der Waals surface area contributed by atoms with Crippen LogP contribution in [0.1, 0.15) is 49.7 Å². The van der Waals surface area contributed by atoms with Gasteiger partial charge in [-0.3, -0.25) is 9.59 Å². The van der Waals surface area contributed by atoms with E-state index in [-0.39, 0.29) is 37.4 Å². The van der Waals surface area contributed by atoms with Gasteiger partial charge in [0.2, 0.25) is 5.91 Å². The lowest BCUT2D eigenvalue weighted by Gasteiger charge is -2.31. The maximum absolute atomic E-state index is 13.0. The fourth-order valence-corrected chi connectivity index (χ4v) is 5.29. The number of alkyl carbamates (subject to hydrolysis) is 1. The highest BCUT2D eigenvalue weighted by atomic mass is 16.5. The highest BCUT2D eigenvalue weighted by Crippen LogP contribution is 2.44. The fourth-order valence-electron chi connectivity index (χ4n) is 5.29. The molecule has 3 atom stereocenters. The maximum atomic E-state index is 13.0. The van der Waals surface area contributed by atoms with E-state index in [1.165, 1.54) is 7.11 Å². The summed E-state index contributed by atoms with van der Waals surface area (Å²) in [5.74, 6) is -1.26. The number of carboxylic acid groups (broad SMARTS) is 1. The molecule has 2 aromatic carbocycles. The minimum atomic E-state index is -0.993. The average molecular weight is 481 g/mol. The zero-order valence-corrected chi connectivity index (χ0v) is 20.1. The van der Waals surface area contributed by atoms with Crippen molar-refractivity contribution in [3.63, 3.8) is 0 Å². The van der Waals surface area contributed by atoms with Gasteiger partial charge in [-0.25, -0.2) is 4.79 Å². The van der Waals surface area contributed by atoms with Crippen LogP contribution in [0.15, 0.2) is 48.5 Å². The molecule has 35 heavy (non-hydrogen) atoms. The number of hydrogen-bond donors (Lipinski definition) is 3. The number of carboxylic acids is 1. The van der Waals surface area contributed by atoms with E-state index in [1.54, 1.807) is 0 Å². The molecule has 2 aromatic rings. The molecule has 0 saturated heterocycles. The number of hydrogen-bond acceptors (Lipinski definition) is 5. The van der Waals surface area contributed by atoms with Gasteiger partial charge in [-0.15, -0.1) is 0 Å². The van der Waals surface area contributed by atoms with Gasteiger partial charge in [-0.1, -0.05) is 55.0 Å². The van der Waals surface area contributed by atoms with E-state index >= 15 is 0 Å². The van der Waals surface area contributed by atoms with Gasteiger partial charge in [0, 0.05) is 25.6 Å². The van der Waals surface area contributed by atoms with Gasteiger partial charge in [0.05, 0.1) is 17.9 Å². The predicted octanol–water partition coefficient (Wildman–Crippen LogP) is 3.69. The monoisotopic (exact) mass is 480 g/mol. The molecular weight excluding hydrogens is 448 g/mol. The topological polar surface area (TPSA) is 114 Å². The SMILES string of the molecule is COC(CNC(=O)C1(C)CCCC1NC(=O)OCC1c2ccccc2-c2ccccc21)CC(=O)O. The zero-order chi connectivity index (χ0) is 25.0. The second-order valence-electron chi connectivity index (χ2n) is 9.50. The van der Waals surface area contributed by atoms with Crippen LogP contribution in [0.25, 0.3) is 11.1 Å². The lowest BCUT2D eigenvalue weighted by atomic mass is 9.83. The summed E-state index contributed by atoms with van der Waals surface area (Å²) < 4.78 is 10.8. The molecule has 2 aliphatic rings. The summed E-state index contributed by atoms with van der Waals surface area (Å²) in [6, 6.07) is 15.9. The highest BCUT2D eigenvalue weighted by molar-refractivity contribution is 5.84. The van der Waals surface area contributed by atoms with Crippen molar-refractivity contribution in [2.45, 2.75) is 50.7 Å². The first kappa shape index (κ1) is 24.7. The molecule has 0 radical (unpaired) electrons. The molecule has 4 rings (SSSR count). The van der Waals surface area contributed by atoms with E-state index in [1.807, 2.05) is 31.2 Å². The predicted molar refractivity (Wildman–Crippen MR) is 130 cm³/mol. The van der Waals surface area contributed by atoms with Gasteiger partial charge in [-0.2, -0.15) is 0 Å². The summed E-state index contributed by atoms with van der Waals surface area (Å²) in [5.41, 5.74) is 3.79. The molecule has 3 unspecified atom stereocenters. The Labute approximate surface area is 205 Å². The largest absolute Gasteiger partial charge is 0.481 e. The summed E-state index contributed by atoms with van der Waals surface area (Å²) in [6.45, 7) is 2.12. The number of amides is 2. The molecule has 3 N–H and O–H groups in total. The number of benzene rings is 2. The first-order valence-electron chi connectivity index (χ1n) is 12.0. The molecule has 8 heteroatoms.